The molecule has 23 heavy (non-hydrogen) atoms. The summed E-state index contributed by atoms with van der Waals surface area (Å²) < 4.78 is 0. The normalized spacial score (nSPS) is 16.4. The van der Waals surface area contributed by atoms with Crippen molar-refractivity contribution in [1.82, 2.24) is 15.1 Å². The highest BCUT2D eigenvalue weighted by Gasteiger charge is 2.25. The van der Waals surface area contributed by atoms with Gasteiger partial charge in [-0.05, 0) is 25.5 Å². The first-order valence-corrected chi connectivity index (χ1v) is 7.89. The van der Waals surface area contributed by atoms with Crippen LogP contribution in [0.25, 0.3) is 0 Å². The minimum absolute atomic E-state index is 0.0322. The Labute approximate surface area is 136 Å². The summed E-state index contributed by atoms with van der Waals surface area (Å²) in [6.45, 7) is 5.55. The third kappa shape index (κ3) is 4.55. The number of benzene rings is 1. The lowest BCUT2D eigenvalue weighted by atomic mass is 10.2. The van der Waals surface area contributed by atoms with Gasteiger partial charge in [-0.3, -0.25) is 14.4 Å². The molecule has 0 bridgehead atoms. The molecule has 1 unspecified atom stereocenters. The van der Waals surface area contributed by atoms with E-state index < -0.39 is 6.04 Å². The maximum atomic E-state index is 12.5. The number of nitrogens with one attached hydrogen (secondary N) is 1. The van der Waals surface area contributed by atoms with Crippen molar-refractivity contribution in [3.63, 3.8) is 0 Å². The quantitative estimate of drug-likeness (QED) is 0.900. The monoisotopic (exact) mass is 317 g/mol. The molecule has 1 fully saturated rings. The van der Waals surface area contributed by atoms with Crippen LogP contribution in [-0.4, -0.2) is 59.7 Å². The fraction of sp³-hybridized carbons (Fsp3) is 0.471. The first-order valence-electron chi connectivity index (χ1n) is 7.89. The molecule has 2 rings (SSSR count). The van der Waals surface area contributed by atoms with Crippen LogP contribution in [0, 0.1) is 0 Å². The van der Waals surface area contributed by atoms with Crippen LogP contribution in [0.5, 0.6) is 0 Å². The summed E-state index contributed by atoms with van der Waals surface area (Å²) in [5.74, 6) is -0.337. The van der Waals surface area contributed by atoms with E-state index in [9.17, 15) is 14.4 Å². The Bertz CT molecular complexity index is 574. The number of hydrogen-bond acceptors (Lipinski definition) is 3. The molecular formula is C17H23N3O3. The van der Waals surface area contributed by atoms with E-state index in [-0.39, 0.29) is 17.7 Å². The van der Waals surface area contributed by atoms with E-state index in [1.54, 1.807) is 47.9 Å². The third-order valence-corrected chi connectivity index (χ3v) is 4.01. The second-order valence-corrected chi connectivity index (χ2v) is 5.75. The summed E-state index contributed by atoms with van der Waals surface area (Å²) in [6, 6.07) is 8.24. The molecular weight excluding hydrogens is 294 g/mol. The van der Waals surface area contributed by atoms with Gasteiger partial charge in [0.25, 0.3) is 5.91 Å². The zero-order valence-corrected chi connectivity index (χ0v) is 13.6. The molecule has 6 heteroatoms. The second-order valence-electron chi connectivity index (χ2n) is 5.75. The molecule has 0 radical (unpaired) electrons. The van der Waals surface area contributed by atoms with E-state index in [1.165, 1.54) is 0 Å². The average Bonchev–Trinajstić information content (AvgIpc) is 2.81. The van der Waals surface area contributed by atoms with E-state index in [0.29, 0.717) is 31.7 Å². The van der Waals surface area contributed by atoms with Crippen molar-refractivity contribution in [2.75, 3.05) is 26.2 Å². The fourth-order valence-corrected chi connectivity index (χ4v) is 2.66. The van der Waals surface area contributed by atoms with E-state index in [4.69, 9.17) is 0 Å². The maximum Gasteiger partial charge on any atom is 0.251 e. The first-order chi connectivity index (χ1) is 11.0. The molecule has 0 aromatic heterocycles. The summed E-state index contributed by atoms with van der Waals surface area (Å²) in [4.78, 5) is 39.5. The Kier molecular flexibility index (Phi) is 5.73. The molecule has 1 aliphatic rings. The largest absolute Gasteiger partial charge is 0.341 e. The van der Waals surface area contributed by atoms with Crippen LogP contribution in [0.1, 0.15) is 30.6 Å². The van der Waals surface area contributed by atoms with Gasteiger partial charge < -0.3 is 15.1 Å². The Morgan fingerprint density at radius 2 is 1.61 bits per heavy atom. The highest BCUT2D eigenvalue weighted by atomic mass is 16.2. The van der Waals surface area contributed by atoms with E-state index in [0.717, 1.165) is 6.42 Å². The number of amides is 3. The lowest BCUT2D eigenvalue weighted by Gasteiger charge is -2.25. The average molecular weight is 317 g/mol. The summed E-state index contributed by atoms with van der Waals surface area (Å²) in [6.07, 6.45) is 0.755. The molecule has 1 N–H and O–H groups in total. The van der Waals surface area contributed by atoms with Crippen molar-refractivity contribution < 1.29 is 14.4 Å². The zero-order chi connectivity index (χ0) is 16.8. The Balaban J connectivity index is 1.92. The molecule has 1 aromatic rings. The number of rotatable bonds is 3. The molecule has 0 aliphatic carbocycles. The van der Waals surface area contributed by atoms with Crippen molar-refractivity contribution in [1.29, 1.82) is 0 Å². The van der Waals surface area contributed by atoms with Crippen molar-refractivity contribution in [2.24, 2.45) is 0 Å². The van der Waals surface area contributed by atoms with Gasteiger partial charge in [0.1, 0.15) is 6.04 Å². The summed E-state index contributed by atoms with van der Waals surface area (Å²) in [7, 11) is 0. The molecule has 1 heterocycles. The van der Waals surface area contributed by atoms with Gasteiger partial charge in [-0.15, -0.1) is 0 Å². The smallest absolute Gasteiger partial charge is 0.251 e. The summed E-state index contributed by atoms with van der Waals surface area (Å²) >= 11 is 0. The minimum Gasteiger partial charge on any atom is -0.341 e. The molecule has 1 saturated heterocycles. The Hall–Kier alpha value is -2.37. The number of carbonyl (C=O) groups excluding carboxylic acids is 3. The highest BCUT2D eigenvalue weighted by Crippen LogP contribution is 2.06. The molecule has 6 nitrogen and oxygen atoms in total. The molecule has 3 amide bonds. The Morgan fingerprint density at radius 1 is 1.00 bits per heavy atom. The fourth-order valence-electron chi connectivity index (χ4n) is 2.66. The minimum atomic E-state index is -0.591. The van der Waals surface area contributed by atoms with Crippen LogP contribution in [0.4, 0.5) is 0 Å². The molecule has 1 aromatic carbocycles. The molecule has 0 saturated carbocycles. The van der Waals surface area contributed by atoms with Crippen LogP contribution >= 0.6 is 0 Å². The number of nitrogens with zero attached hydrogens (tertiary/aromatic N) is 2. The van der Waals surface area contributed by atoms with Crippen LogP contribution in [-0.2, 0) is 9.59 Å². The first kappa shape index (κ1) is 17.0. The van der Waals surface area contributed by atoms with Gasteiger partial charge in [-0.25, -0.2) is 0 Å². The number of carbonyl (C=O) groups is 3. The second kappa shape index (κ2) is 7.76. The van der Waals surface area contributed by atoms with Crippen LogP contribution in [0.3, 0.4) is 0 Å². The van der Waals surface area contributed by atoms with Gasteiger partial charge in [0.05, 0.1) is 0 Å². The lowest BCUT2D eigenvalue weighted by Crippen LogP contribution is -2.48. The third-order valence-electron chi connectivity index (χ3n) is 4.01. The predicted molar refractivity (Wildman–Crippen MR) is 86.8 cm³/mol. The zero-order valence-electron chi connectivity index (χ0n) is 13.6. The van der Waals surface area contributed by atoms with Gasteiger partial charge in [0, 0.05) is 38.7 Å². The molecule has 0 spiro atoms. The summed E-state index contributed by atoms with van der Waals surface area (Å²) in [5, 5.41) is 2.74. The molecule has 1 aliphatic heterocycles. The number of hydrogen-bond donors (Lipinski definition) is 1. The van der Waals surface area contributed by atoms with Gasteiger partial charge in [-0.1, -0.05) is 18.2 Å². The van der Waals surface area contributed by atoms with Crippen LogP contribution in [0.15, 0.2) is 30.3 Å². The van der Waals surface area contributed by atoms with Crippen molar-refractivity contribution in [3.05, 3.63) is 35.9 Å². The van der Waals surface area contributed by atoms with Crippen molar-refractivity contribution >= 4 is 17.7 Å². The van der Waals surface area contributed by atoms with E-state index in [2.05, 4.69) is 5.32 Å². The van der Waals surface area contributed by atoms with Crippen LogP contribution in [0.2, 0.25) is 0 Å². The standard InChI is InChI=1S/C17H23N3O3/c1-13(18-16(22)15-7-4-3-5-8-15)17(23)20-10-6-9-19(11-12-20)14(2)21/h3-5,7-8,13H,6,9-12H2,1-2H3,(H,18,22). The molecule has 124 valence electrons. The van der Waals surface area contributed by atoms with E-state index in [1.807, 2.05) is 6.07 Å². The van der Waals surface area contributed by atoms with Gasteiger partial charge in [0.2, 0.25) is 11.8 Å². The van der Waals surface area contributed by atoms with Gasteiger partial charge >= 0.3 is 0 Å². The van der Waals surface area contributed by atoms with E-state index >= 15 is 0 Å². The molecule has 1 atom stereocenters. The topological polar surface area (TPSA) is 69.7 Å². The predicted octanol–water partition coefficient (Wildman–Crippen LogP) is 0.886. The highest BCUT2D eigenvalue weighted by molar-refractivity contribution is 5.97. The van der Waals surface area contributed by atoms with Gasteiger partial charge in [0.15, 0.2) is 0 Å². The van der Waals surface area contributed by atoms with Crippen LogP contribution < -0.4 is 5.32 Å². The SMILES string of the molecule is CC(=O)N1CCCN(C(=O)C(C)NC(=O)c2ccccc2)CC1. The van der Waals surface area contributed by atoms with Gasteiger partial charge in [-0.2, -0.15) is 0 Å². The summed E-state index contributed by atoms with van der Waals surface area (Å²) in [5.41, 5.74) is 0.533. The lowest BCUT2D eigenvalue weighted by molar-refractivity contribution is -0.133. The van der Waals surface area contributed by atoms with Crippen molar-refractivity contribution in [3.8, 4) is 0 Å². The van der Waals surface area contributed by atoms with Crippen molar-refractivity contribution in [2.45, 2.75) is 26.3 Å². The maximum absolute atomic E-state index is 12.5. The Morgan fingerprint density at radius 3 is 2.26 bits per heavy atom.